The van der Waals surface area contributed by atoms with Crippen LogP contribution in [0.2, 0.25) is 0 Å². The Morgan fingerprint density at radius 3 is 2.68 bits per heavy atom. The van der Waals surface area contributed by atoms with Gasteiger partial charge in [-0.1, -0.05) is 36.4 Å². The standard InChI is InChI=1S/C16H21NO2/c1-18-12-5-10-17-11-13-19-16-9-4-7-14-6-2-3-8-15(14)16/h2-4,6-9,17H,5,10-13H2,1H3. The Morgan fingerprint density at radius 2 is 1.79 bits per heavy atom. The molecule has 0 aromatic heterocycles. The highest BCUT2D eigenvalue weighted by Crippen LogP contribution is 2.24. The summed E-state index contributed by atoms with van der Waals surface area (Å²) in [5.41, 5.74) is 0. The van der Waals surface area contributed by atoms with Gasteiger partial charge in [0.2, 0.25) is 0 Å². The second-order valence-corrected chi connectivity index (χ2v) is 4.42. The SMILES string of the molecule is COCCCNCCOc1cccc2ccccc12. The average molecular weight is 259 g/mol. The van der Waals surface area contributed by atoms with Crippen molar-refractivity contribution in [3.05, 3.63) is 42.5 Å². The molecule has 0 aliphatic rings. The van der Waals surface area contributed by atoms with E-state index in [1.165, 1.54) is 10.8 Å². The molecule has 19 heavy (non-hydrogen) atoms. The predicted molar refractivity (Wildman–Crippen MR) is 78.8 cm³/mol. The lowest BCUT2D eigenvalue weighted by Gasteiger charge is -2.10. The van der Waals surface area contributed by atoms with Crippen molar-refractivity contribution in [3.63, 3.8) is 0 Å². The molecule has 0 heterocycles. The third kappa shape index (κ3) is 4.23. The maximum absolute atomic E-state index is 5.83. The van der Waals surface area contributed by atoms with Crippen LogP contribution in [0.25, 0.3) is 10.8 Å². The van der Waals surface area contributed by atoms with Crippen LogP contribution in [0.5, 0.6) is 5.75 Å². The van der Waals surface area contributed by atoms with Crippen LogP contribution >= 0.6 is 0 Å². The van der Waals surface area contributed by atoms with Crippen LogP contribution in [0.1, 0.15) is 6.42 Å². The summed E-state index contributed by atoms with van der Waals surface area (Å²) < 4.78 is 10.8. The van der Waals surface area contributed by atoms with Crippen LogP contribution < -0.4 is 10.1 Å². The van der Waals surface area contributed by atoms with Gasteiger partial charge in [0.1, 0.15) is 12.4 Å². The van der Waals surface area contributed by atoms with Crippen molar-refractivity contribution in [3.8, 4) is 5.75 Å². The largest absolute Gasteiger partial charge is 0.492 e. The molecular formula is C16H21NO2. The van der Waals surface area contributed by atoms with E-state index in [1.807, 2.05) is 24.3 Å². The first kappa shape index (κ1) is 13.8. The molecule has 102 valence electrons. The van der Waals surface area contributed by atoms with Gasteiger partial charge in [0.05, 0.1) is 0 Å². The Hall–Kier alpha value is -1.58. The zero-order valence-corrected chi connectivity index (χ0v) is 11.4. The number of hydrogen-bond donors (Lipinski definition) is 1. The molecular weight excluding hydrogens is 238 g/mol. The van der Waals surface area contributed by atoms with Gasteiger partial charge >= 0.3 is 0 Å². The van der Waals surface area contributed by atoms with E-state index in [0.717, 1.165) is 31.9 Å². The van der Waals surface area contributed by atoms with Crippen LogP contribution in [0.15, 0.2) is 42.5 Å². The Morgan fingerprint density at radius 1 is 0.947 bits per heavy atom. The Labute approximate surface area is 114 Å². The molecule has 0 saturated heterocycles. The third-order valence-corrected chi connectivity index (χ3v) is 2.99. The van der Waals surface area contributed by atoms with Crippen molar-refractivity contribution in [1.82, 2.24) is 5.32 Å². The second-order valence-electron chi connectivity index (χ2n) is 4.42. The van der Waals surface area contributed by atoms with Crippen molar-refractivity contribution in [1.29, 1.82) is 0 Å². The summed E-state index contributed by atoms with van der Waals surface area (Å²) in [7, 11) is 1.73. The smallest absolute Gasteiger partial charge is 0.127 e. The number of methoxy groups -OCH3 is 1. The van der Waals surface area contributed by atoms with Gasteiger partial charge in [0.25, 0.3) is 0 Å². The van der Waals surface area contributed by atoms with Gasteiger partial charge in [0, 0.05) is 25.6 Å². The molecule has 0 unspecified atom stereocenters. The third-order valence-electron chi connectivity index (χ3n) is 2.99. The van der Waals surface area contributed by atoms with Crippen molar-refractivity contribution in [2.45, 2.75) is 6.42 Å². The molecule has 2 aromatic carbocycles. The number of nitrogens with one attached hydrogen (secondary N) is 1. The van der Waals surface area contributed by atoms with E-state index in [0.29, 0.717) is 6.61 Å². The second kappa shape index (κ2) is 7.77. The van der Waals surface area contributed by atoms with E-state index in [4.69, 9.17) is 9.47 Å². The van der Waals surface area contributed by atoms with Gasteiger partial charge in [-0.05, 0) is 24.4 Å². The first-order valence-electron chi connectivity index (χ1n) is 6.72. The average Bonchev–Trinajstić information content (AvgIpc) is 2.46. The molecule has 0 fully saturated rings. The maximum atomic E-state index is 5.83. The van der Waals surface area contributed by atoms with E-state index in [9.17, 15) is 0 Å². The molecule has 1 N–H and O–H groups in total. The van der Waals surface area contributed by atoms with E-state index in [2.05, 4.69) is 23.5 Å². The molecule has 0 spiro atoms. The van der Waals surface area contributed by atoms with Gasteiger partial charge in [-0.15, -0.1) is 0 Å². The van der Waals surface area contributed by atoms with Gasteiger partial charge in [-0.2, -0.15) is 0 Å². The van der Waals surface area contributed by atoms with Crippen molar-refractivity contribution in [2.75, 3.05) is 33.4 Å². The van der Waals surface area contributed by atoms with Crippen LogP contribution in [0, 0.1) is 0 Å². The molecule has 0 radical (unpaired) electrons. The summed E-state index contributed by atoms with van der Waals surface area (Å²) in [4.78, 5) is 0. The summed E-state index contributed by atoms with van der Waals surface area (Å²) >= 11 is 0. The fourth-order valence-electron chi connectivity index (χ4n) is 2.02. The van der Waals surface area contributed by atoms with Gasteiger partial charge in [-0.3, -0.25) is 0 Å². The Bertz CT molecular complexity index is 494. The lowest BCUT2D eigenvalue weighted by Crippen LogP contribution is -2.22. The Balaban J connectivity index is 1.78. The molecule has 0 saturated carbocycles. The molecule has 2 rings (SSSR count). The van der Waals surface area contributed by atoms with Gasteiger partial charge in [-0.25, -0.2) is 0 Å². The molecule has 0 aliphatic heterocycles. The van der Waals surface area contributed by atoms with E-state index in [-0.39, 0.29) is 0 Å². The van der Waals surface area contributed by atoms with E-state index >= 15 is 0 Å². The highest BCUT2D eigenvalue weighted by atomic mass is 16.5. The van der Waals surface area contributed by atoms with Gasteiger partial charge in [0.15, 0.2) is 0 Å². The van der Waals surface area contributed by atoms with Crippen molar-refractivity contribution < 1.29 is 9.47 Å². The van der Waals surface area contributed by atoms with E-state index in [1.54, 1.807) is 7.11 Å². The lowest BCUT2D eigenvalue weighted by atomic mass is 10.1. The summed E-state index contributed by atoms with van der Waals surface area (Å²) in [6.07, 6.45) is 1.03. The molecule has 0 bridgehead atoms. The number of ether oxygens (including phenoxy) is 2. The van der Waals surface area contributed by atoms with E-state index < -0.39 is 0 Å². The number of rotatable bonds is 8. The first-order valence-corrected chi connectivity index (χ1v) is 6.72. The van der Waals surface area contributed by atoms with Crippen LogP contribution in [0.3, 0.4) is 0 Å². The molecule has 3 nitrogen and oxygen atoms in total. The fourth-order valence-corrected chi connectivity index (χ4v) is 2.02. The molecule has 0 atom stereocenters. The minimum atomic E-state index is 0.682. The highest BCUT2D eigenvalue weighted by molar-refractivity contribution is 5.88. The maximum Gasteiger partial charge on any atom is 0.127 e. The zero-order chi connectivity index (χ0) is 13.3. The quantitative estimate of drug-likeness (QED) is 0.739. The summed E-state index contributed by atoms with van der Waals surface area (Å²) in [6.45, 7) is 3.30. The first-order chi connectivity index (χ1) is 9.42. The zero-order valence-electron chi connectivity index (χ0n) is 11.4. The minimum absolute atomic E-state index is 0.682. The summed E-state index contributed by atoms with van der Waals surface area (Å²) in [6, 6.07) is 14.4. The number of benzene rings is 2. The number of fused-ring (bicyclic) bond motifs is 1. The topological polar surface area (TPSA) is 30.5 Å². The lowest BCUT2D eigenvalue weighted by molar-refractivity contribution is 0.193. The monoisotopic (exact) mass is 259 g/mol. The highest BCUT2D eigenvalue weighted by Gasteiger charge is 2.00. The molecule has 3 heteroatoms. The van der Waals surface area contributed by atoms with Crippen LogP contribution in [-0.4, -0.2) is 33.4 Å². The van der Waals surface area contributed by atoms with Crippen molar-refractivity contribution in [2.24, 2.45) is 0 Å². The van der Waals surface area contributed by atoms with Crippen LogP contribution in [0.4, 0.5) is 0 Å². The fraction of sp³-hybridized carbons (Fsp3) is 0.375. The number of hydrogen-bond acceptors (Lipinski definition) is 3. The van der Waals surface area contributed by atoms with Crippen molar-refractivity contribution >= 4 is 10.8 Å². The molecule has 2 aromatic rings. The molecule has 0 aliphatic carbocycles. The normalized spacial score (nSPS) is 10.8. The minimum Gasteiger partial charge on any atom is -0.492 e. The Kier molecular flexibility index (Phi) is 5.66. The summed E-state index contributed by atoms with van der Waals surface area (Å²) in [5, 5.41) is 5.72. The molecule has 0 amide bonds. The predicted octanol–water partition coefficient (Wildman–Crippen LogP) is 2.84. The summed E-state index contributed by atoms with van der Waals surface area (Å²) in [5.74, 6) is 0.955. The van der Waals surface area contributed by atoms with Gasteiger partial charge < -0.3 is 14.8 Å². The van der Waals surface area contributed by atoms with Crippen LogP contribution in [-0.2, 0) is 4.74 Å².